The minimum absolute atomic E-state index is 0.984. The summed E-state index contributed by atoms with van der Waals surface area (Å²) in [6.45, 7) is 0. The van der Waals surface area contributed by atoms with E-state index < -0.39 is 0 Å². The first-order valence-electron chi connectivity index (χ1n) is 5.44. The molecule has 17 heavy (non-hydrogen) atoms. The van der Waals surface area contributed by atoms with Gasteiger partial charge in [-0.3, -0.25) is 0 Å². The maximum atomic E-state index is 4.74. The largest absolute Gasteiger partial charge is 0.362 e. The van der Waals surface area contributed by atoms with Gasteiger partial charge in [-0.05, 0) is 12.1 Å². The lowest BCUT2D eigenvalue weighted by molar-refractivity contribution is 0.625. The van der Waals surface area contributed by atoms with Crippen molar-refractivity contribution in [2.45, 2.75) is 0 Å². The first-order chi connectivity index (χ1) is 8.25. The van der Waals surface area contributed by atoms with Crippen LogP contribution in [0.5, 0.6) is 0 Å². The summed E-state index contributed by atoms with van der Waals surface area (Å²) < 4.78 is 0. The Morgan fingerprint density at radius 3 is 2.76 bits per heavy atom. The number of fused-ring (bicyclic) bond motifs is 2. The fourth-order valence-corrected chi connectivity index (χ4v) is 2.66. The summed E-state index contributed by atoms with van der Waals surface area (Å²) in [7, 11) is 4.04. The van der Waals surface area contributed by atoms with Crippen molar-refractivity contribution in [1.29, 1.82) is 0 Å². The molecule has 1 aromatic heterocycles. The lowest BCUT2D eigenvalue weighted by Crippen LogP contribution is -2.22. The SMILES string of the molecule is CN(C)C1=Nc2ccccc2Nc2cscc21. The maximum absolute atomic E-state index is 4.74. The molecule has 0 fully saturated rings. The zero-order valence-electron chi connectivity index (χ0n) is 9.77. The molecule has 1 aliphatic rings. The molecule has 0 saturated carbocycles. The van der Waals surface area contributed by atoms with Crippen LogP contribution in [0, 0.1) is 0 Å². The Morgan fingerprint density at radius 2 is 1.94 bits per heavy atom. The summed E-state index contributed by atoms with van der Waals surface area (Å²) in [6.07, 6.45) is 0. The Hall–Kier alpha value is -1.81. The highest BCUT2D eigenvalue weighted by Crippen LogP contribution is 2.35. The topological polar surface area (TPSA) is 27.6 Å². The van der Waals surface area contributed by atoms with Crippen LogP contribution in [-0.2, 0) is 0 Å². The van der Waals surface area contributed by atoms with Crippen LogP contribution in [0.15, 0.2) is 40.0 Å². The van der Waals surface area contributed by atoms with Gasteiger partial charge in [-0.2, -0.15) is 0 Å². The van der Waals surface area contributed by atoms with Gasteiger partial charge < -0.3 is 10.2 Å². The monoisotopic (exact) mass is 243 g/mol. The number of benzene rings is 1. The molecule has 1 N–H and O–H groups in total. The van der Waals surface area contributed by atoms with Crippen molar-refractivity contribution >= 4 is 34.2 Å². The van der Waals surface area contributed by atoms with E-state index in [9.17, 15) is 0 Å². The van der Waals surface area contributed by atoms with E-state index in [0.29, 0.717) is 0 Å². The van der Waals surface area contributed by atoms with Crippen LogP contribution >= 0.6 is 11.3 Å². The Kier molecular flexibility index (Phi) is 2.37. The molecule has 2 heterocycles. The average Bonchev–Trinajstić information content (AvgIpc) is 2.69. The summed E-state index contributed by atoms with van der Waals surface area (Å²) in [4.78, 5) is 6.79. The molecule has 3 rings (SSSR count). The number of hydrogen-bond donors (Lipinski definition) is 1. The van der Waals surface area contributed by atoms with E-state index in [0.717, 1.165) is 28.5 Å². The number of nitrogens with one attached hydrogen (secondary N) is 1. The van der Waals surface area contributed by atoms with Gasteiger partial charge in [0.25, 0.3) is 0 Å². The minimum atomic E-state index is 0.984. The Balaban J connectivity index is 2.24. The second kappa shape index (κ2) is 3.89. The third kappa shape index (κ3) is 1.70. The summed E-state index contributed by atoms with van der Waals surface area (Å²) in [5.74, 6) is 0.999. The van der Waals surface area contributed by atoms with Crippen LogP contribution < -0.4 is 5.32 Å². The average molecular weight is 243 g/mol. The number of rotatable bonds is 0. The zero-order chi connectivity index (χ0) is 11.8. The Labute approximate surface area is 104 Å². The quantitative estimate of drug-likeness (QED) is 0.767. The van der Waals surface area contributed by atoms with Gasteiger partial charge >= 0.3 is 0 Å². The van der Waals surface area contributed by atoms with Crippen LogP contribution in [0.1, 0.15) is 5.56 Å². The molecule has 0 amide bonds. The molecule has 1 aromatic carbocycles. The number of hydrogen-bond acceptors (Lipinski definition) is 4. The molecule has 86 valence electrons. The van der Waals surface area contributed by atoms with Gasteiger partial charge in [0, 0.05) is 24.9 Å². The highest BCUT2D eigenvalue weighted by atomic mass is 32.1. The van der Waals surface area contributed by atoms with Gasteiger partial charge in [0.2, 0.25) is 0 Å². The maximum Gasteiger partial charge on any atom is 0.139 e. The molecule has 0 spiro atoms. The van der Waals surface area contributed by atoms with Gasteiger partial charge in [-0.25, -0.2) is 4.99 Å². The normalized spacial score (nSPS) is 12.9. The van der Waals surface area contributed by atoms with E-state index in [1.807, 2.05) is 32.3 Å². The Bertz CT molecular complexity index is 584. The first kappa shape index (κ1) is 10.4. The second-order valence-corrected chi connectivity index (χ2v) is 4.91. The number of amidine groups is 1. The molecule has 4 heteroatoms. The van der Waals surface area contributed by atoms with E-state index in [1.165, 1.54) is 0 Å². The molecule has 0 radical (unpaired) electrons. The lowest BCUT2D eigenvalue weighted by atomic mass is 10.2. The van der Waals surface area contributed by atoms with Gasteiger partial charge in [0.1, 0.15) is 5.84 Å². The minimum Gasteiger partial charge on any atom is -0.362 e. The second-order valence-electron chi connectivity index (χ2n) is 4.17. The molecule has 0 unspecified atom stereocenters. The van der Waals surface area contributed by atoms with E-state index >= 15 is 0 Å². The number of aliphatic imine (C=N–C) groups is 1. The summed E-state index contributed by atoms with van der Waals surface area (Å²) in [5, 5.41) is 7.69. The van der Waals surface area contributed by atoms with Gasteiger partial charge in [-0.1, -0.05) is 12.1 Å². The third-order valence-electron chi connectivity index (χ3n) is 2.73. The van der Waals surface area contributed by atoms with Crippen molar-refractivity contribution in [3.63, 3.8) is 0 Å². The molecule has 0 atom stereocenters. The van der Waals surface area contributed by atoms with Gasteiger partial charge in [0.15, 0.2) is 0 Å². The van der Waals surface area contributed by atoms with E-state index in [-0.39, 0.29) is 0 Å². The highest BCUT2D eigenvalue weighted by molar-refractivity contribution is 7.08. The fourth-order valence-electron chi connectivity index (χ4n) is 1.90. The molecule has 3 nitrogen and oxygen atoms in total. The molecule has 0 saturated heterocycles. The third-order valence-corrected chi connectivity index (χ3v) is 3.47. The number of para-hydroxylation sites is 2. The van der Waals surface area contributed by atoms with Crippen molar-refractivity contribution in [2.24, 2.45) is 4.99 Å². The first-order valence-corrected chi connectivity index (χ1v) is 6.38. The molecular weight excluding hydrogens is 230 g/mol. The van der Waals surface area contributed by atoms with Crippen molar-refractivity contribution < 1.29 is 0 Å². The number of thiophene rings is 1. The summed E-state index contributed by atoms with van der Waals surface area (Å²) in [5.41, 5.74) is 4.34. The standard InChI is InChI=1S/C13H13N3S/c1-16(2)13-9-7-17-8-12(9)14-10-5-3-4-6-11(10)15-13/h3-8,14H,1-2H3. The Morgan fingerprint density at radius 1 is 1.12 bits per heavy atom. The highest BCUT2D eigenvalue weighted by Gasteiger charge is 2.17. The van der Waals surface area contributed by atoms with Crippen molar-refractivity contribution in [2.75, 3.05) is 19.4 Å². The predicted octanol–water partition coefficient (Wildman–Crippen LogP) is 3.45. The van der Waals surface area contributed by atoms with Crippen LogP contribution in [-0.4, -0.2) is 24.8 Å². The number of nitrogens with zero attached hydrogens (tertiary/aromatic N) is 2. The van der Waals surface area contributed by atoms with E-state index in [4.69, 9.17) is 4.99 Å². The summed E-state index contributed by atoms with van der Waals surface area (Å²) in [6, 6.07) is 8.12. The van der Waals surface area contributed by atoms with Crippen LogP contribution in [0.4, 0.5) is 17.1 Å². The molecule has 2 aromatic rings. The summed E-state index contributed by atoms with van der Waals surface area (Å²) >= 11 is 1.69. The van der Waals surface area contributed by atoms with Crippen molar-refractivity contribution in [1.82, 2.24) is 4.90 Å². The van der Waals surface area contributed by atoms with Crippen molar-refractivity contribution in [3.8, 4) is 0 Å². The molecule has 0 aliphatic carbocycles. The number of anilines is 2. The lowest BCUT2D eigenvalue weighted by Gasteiger charge is -2.14. The molecular formula is C13H13N3S. The predicted molar refractivity (Wildman–Crippen MR) is 73.9 cm³/mol. The van der Waals surface area contributed by atoms with Crippen LogP contribution in [0.25, 0.3) is 0 Å². The zero-order valence-corrected chi connectivity index (χ0v) is 10.6. The fraction of sp³-hybridized carbons (Fsp3) is 0.154. The molecule has 0 bridgehead atoms. The van der Waals surface area contributed by atoms with Crippen LogP contribution in [0.2, 0.25) is 0 Å². The van der Waals surface area contributed by atoms with Gasteiger partial charge in [0.05, 0.1) is 22.6 Å². The van der Waals surface area contributed by atoms with E-state index in [1.54, 1.807) is 11.3 Å². The van der Waals surface area contributed by atoms with Crippen molar-refractivity contribution in [3.05, 3.63) is 40.6 Å². The molecule has 1 aliphatic heterocycles. The van der Waals surface area contributed by atoms with Gasteiger partial charge in [-0.15, -0.1) is 11.3 Å². The van der Waals surface area contributed by atoms with Crippen LogP contribution in [0.3, 0.4) is 0 Å². The smallest absolute Gasteiger partial charge is 0.139 e. The van der Waals surface area contributed by atoms with E-state index in [2.05, 4.69) is 27.0 Å².